The summed E-state index contributed by atoms with van der Waals surface area (Å²) in [4.78, 5) is 11.5. The molecular weight excluding hydrogens is 360 g/mol. The number of hydrogen-bond donors (Lipinski definition) is 3. The average Bonchev–Trinajstić information content (AvgIpc) is 2.54. The molecule has 0 atom stereocenters. The van der Waals surface area contributed by atoms with Crippen LogP contribution in [-0.4, -0.2) is 59.5 Å². The van der Waals surface area contributed by atoms with E-state index in [2.05, 4.69) is 10.0 Å². The largest absolute Gasteiger partial charge is 0.482 e. The van der Waals surface area contributed by atoms with Gasteiger partial charge in [0.1, 0.15) is 5.75 Å². The van der Waals surface area contributed by atoms with Crippen molar-refractivity contribution in [3.8, 4) is 5.75 Å². The summed E-state index contributed by atoms with van der Waals surface area (Å²) < 4.78 is 36.5. The molecule has 1 aromatic rings. The molecule has 0 aliphatic rings. The van der Waals surface area contributed by atoms with E-state index < -0.39 is 10.0 Å². The number of aliphatic hydroxyl groups is 1. The molecule has 1 rings (SSSR count). The van der Waals surface area contributed by atoms with Crippen LogP contribution in [0.3, 0.4) is 0 Å². The molecule has 0 aromatic heterocycles. The van der Waals surface area contributed by atoms with Crippen molar-refractivity contribution in [1.82, 2.24) is 10.0 Å². The van der Waals surface area contributed by atoms with E-state index in [1.54, 1.807) is 0 Å². The van der Waals surface area contributed by atoms with Gasteiger partial charge in [0.05, 0.1) is 16.5 Å². The number of ether oxygens (including phenoxy) is 2. The maximum atomic E-state index is 12.0. The normalized spacial score (nSPS) is 11.3. The number of methoxy groups -OCH3 is 1. The molecule has 1 amide bonds. The maximum Gasteiger partial charge on any atom is 0.257 e. The first-order valence-corrected chi connectivity index (χ1v) is 9.05. The molecule has 0 spiro atoms. The van der Waals surface area contributed by atoms with Crippen molar-refractivity contribution in [1.29, 1.82) is 0 Å². The fourth-order valence-electron chi connectivity index (χ4n) is 1.63. The molecular formula is C14H21ClN2O6S. The van der Waals surface area contributed by atoms with Crippen LogP contribution in [0, 0.1) is 0 Å². The van der Waals surface area contributed by atoms with Gasteiger partial charge in [-0.25, -0.2) is 13.1 Å². The lowest BCUT2D eigenvalue weighted by atomic mass is 10.3. The highest BCUT2D eigenvalue weighted by Crippen LogP contribution is 2.27. The molecule has 0 aliphatic heterocycles. The molecule has 0 unspecified atom stereocenters. The van der Waals surface area contributed by atoms with Crippen LogP contribution in [0.2, 0.25) is 5.02 Å². The number of rotatable bonds is 11. The number of sulfonamides is 1. The van der Waals surface area contributed by atoms with Crippen LogP contribution in [-0.2, 0) is 19.6 Å². The Balaban J connectivity index is 2.62. The molecule has 136 valence electrons. The molecule has 3 N–H and O–H groups in total. The zero-order valence-electron chi connectivity index (χ0n) is 13.2. The average molecular weight is 381 g/mol. The smallest absolute Gasteiger partial charge is 0.257 e. The third-order valence-corrected chi connectivity index (χ3v) is 4.58. The third-order valence-electron chi connectivity index (χ3n) is 2.83. The number of hydrogen-bond acceptors (Lipinski definition) is 6. The summed E-state index contributed by atoms with van der Waals surface area (Å²) in [5.41, 5.74) is 0. The fourth-order valence-corrected chi connectivity index (χ4v) is 2.97. The molecule has 0 bridgehead atoms. The molecule has 0 heterocycles. The van der Waals surface area contributed by atoms with E-state index in [1.807, 2.05) is 0 Å². The van der Waals surface area contributed by atoms with Crippen LogP contribution in [0.15, 0.2) is 23.1 Å². The van der Waals surface area contributed by atoms with E-state index in [-0.39, 0.29) is 47.9 Å². The zero-order chi connectivity index (χ0) is 18.0. The Labute approximate surface area is 146 Å². The minimum Gasteiger partial charge on any atom is -0.482 e. The molecule has 8 nitrogen and oxygen atoms in total. The van der Waals surface area contributed by atoms with Crippen LogP contribution < -0.4 is 14.8 Å². The highest BCUT2D eigenvalue weighted by Gasteiger charge is 2.16. The van der Waals surface area contributed by atoms with Crippen molar-refractivity contribution in [2.45, 2.75) is 11.3 Å². The van der Waals surface area contributed by atoms with Gasteiger partial charge in [0.15, 0.2) is 6.61 Å². The van der Waals surface area contributed by atoms with Crippen LogP contribution in [0.25, 0.3) is 0 Å². The lowest BCUT2D eigenvalue weighted by Gasteiger charge is -2.11. The van der Waals surface area contributed by atoms with E-state index in [4.69, 9.17) is 26.2 Å². The van der Waals surface area contributed by atoms with Gasteiger partial charge in [-0.1, -0.05) is 11.6 Å². The molecule has 10 heteroatoms. The standard InChI is InChI=1S/C14H21ClN2O6S/c1-22-8-6-17-24(20,21)11-3-4-13(12(15)9-11)23-10-14(19)16-5-2-7-18/h3-4,9,17-18H,2,5-8,10H2,1H3,(H,16,19). The van der Waals surface area contributed by atoms with Crippen LogP contribution in [0.4, 0.5) is 0 Å². The first-order chi connectivity index (χ1) is 11.4. The summed E-state index contributed by atoms with van der Waals surface area (Å²) in [7, 11) is -2.22. The van der Waals surface area contributed by atoms with Gasteiger partial charge < -0.3 is 19.9 Å². The zero-order valence-corrected chi connectivity index (χ0v) is 14.8. The predicted molar refractivity (Wildman–Crippen MR) is 88.7 cm³/mol. The van der Waals surface area contributed by atoms with Gasteiger partial charge in [0, 0.05) is 26.8 Å². The minimum absolute atomic E-state index is 0.0108. The predicted octanol–water partition coefficient (Wildman–Crippen LogP) is 0.142. The van der Waals surface area contributed by atoms with Crippen LogP contribution in [0.1, 0.15) is 6.42 Å². The first-order valence-electron chi connectivity index (χ1n) is 7.19. The number of carbonyl (C=O) groups excluding carboxylic acids is 1. The first kappa shape index (κ1) is 20.7. The van der Waals surface area contributed by atoms with Crippen molar-refractivity contribution in [3.05, 3.63) is 23.2 Å². The molecule has 0 aliphatic carbocycles. The van der Waals surface area contributed by atoms with E-state index in [1.165, 1.54) is 25.3 Å². The summed E-state index contributed by atoms with van der Waals surface area (Å²) in [6, 6.07) is 3.96. The lowest BCUT2D eigenvalue weighted by Crippen LogP contribution is -2.30. The lowest BCUT2D eigenvalue weighted by molar-refractivity contribution is -0.123. The molecule has 0 fully saturated rings. The van der Waals surface area contributed by atoms with Gasteiger partial charge in [-0.05, 0) is 24.6 Å². The molecule has 0 saturated carbocycles. The maximum absolute atomic E-state index is 12.0. The van der Waals surface area contributed by atoms with Crippen molar-refractivity contribution >= 4 is 27.5 Å². The number of carbonyl (C=O) groups is 1. The van der Waals surface area contributed by atoms with E-state index in [0.717, 1.165) is 0 Å². The van der Waals surface area contributed by atoms with Crippen LogP contribution >= 0.6 is 11.6 Å². The molecule has 24 heavy (non-hydrogen) atoms. The van der Waals surface area contributed by atoms with Crippen molar-refractivity contribution in [3.63, 3.8) is 0 Å². The second-order valence-corrected chi connectivity index (χ2v) is 6.87. The number of benzene rings is 1. The van der Waals surface area contributed by atoms with Crippen molar-refractivity contribution in [2.75, 3.05) is 40.0 Å². The Morgan fingerprint density at radius 2 is 2.08 bits per heavy atom. The van der Waals surface area contributed by atoms with Crippen molar-refractivity contribution in [2.24, 2.45) is 0 Å². The fraction of sp³-hybridized carbons (Fsp3) is 0.500. The summed E-state index contributed by atoms with van der Waals surface area (Å²) in [5, 5.41) is 11.3. The Hall–Kier alpha value is -1.39. The van der Waals surface area contributed by atoms with Gasteiger partial charge in [0.25, 0.3) is 5.91 Å². The van der Waals surface area contributed by atoms with Gasteiger partial charge in [-0.2, -0.15) is 0 Å². The summed E-state index contributed by atoms with van der Waals surface area (Å²) in [5.74, 6) is -0.165. The van der Waals surface area contributed by atoms with Gasteiger partial charge >= 0.3 is 0 Å². The summed E-state index contributed by atoms with van der Waals surface area (Å²) >= 11 is 6.00. The number of amides is 1. The van der Waals surface area contributed by atoms with E-state index >= 15 is 0 Å². The third kappa shape index (κ3) is 7.02. The van der Waals surface area contributed by atoms with Gasteiger partial charge in [-0.3, -0.25) is 4.79 Å². The molecule has 0 radical (unpaired) electrons. The Bertz CT molecular complexity index is 638. The highest BCUT2D eigenvalue weighted by molar-refractivity contribution is 7.89. The second-order valence-electron chi connectivity index (χ2n) is 4.70. The monoisotopic (exact) mass is 380 g/mol. The Morgan fingerprint density at radius 3 is 2.71 bits per heavy atom. The van der Waals surface area contributed by atoms with Gasteiger partial charge in [0.2, 0.25) is 10.0 Å². The van der Waals surface area contributed by atoms with E-state index in [0.29, 0.717) is 13.0 Å². The number of aliphatic hydroxyl groups excluding tert-OH is 1. The number of nitrogens with one attached hydrogen (secondary N) is 2. The van der Waals surface area contributed by atoms with Crippen molar-refractivity contribution < 1.29 is 27.8 Å². The number of halogens is 1. The SMILES string of the molecule is COCCNS(=O)(=O)c1ccc(OCC(=O)NCCCO)c(Cl)c1. The summed E-state index contributed by atoms with van der Waals surface area (Å²) in [6.07, 6.45) is 0.453. The second kappa shape index (κ2) is 10.5. The summed E-state index contributed by atoms with van der Waals surface area (Å²) in [6.45, 7) is 0.462. The minimum atomic E-state index is -3.69. The Kier molecular flexibility index (Phi) is 9.01. The van der Waals surface area contributed by atoms with E-state index in [9.17, 15) is 13.2 Å². The Morgan fingerprint density at radius 1 is 1.33 bits per heavy atom. The van der Waals surface area contributed by atoms with Crippen LogP contribution in [0.5, 0.6) is 5.75 Å². The van der Waals surface area contributed by atoms with Gasteiger partial charge in [-0.15, -0.1) is 0 Å². The quantitative estimate of drug-likeness (QED) is 0.471. The molecule has 1 aromatic carbocycles. The molecule has 0 saturated heterocycles. The highest BCUT2D eigenvalue weighted by atomic mass is 35.5. The topological polar surface area (TPSA) is 114 Å².